The molecule has 0 aliphatic heterocycles. The first kappa shape index (κ1) is 15.9. The van der Waals surface area contributed by atoms with Crippen molar-refractivity contribution in [1.29, 1.82) is 0 Å². The molecule has 0 heterocycles. The normalized spacial score (nSPS) is 17.3. The maximum absolute atomic E-state index is 12.2. The van der Waals surface area contributed by atoms with E-state index in [1.165, 1.54) is 18.2 Å². The molecule has 21 heavy (non-hydrogen) atoms. The molecule has 1 saturated carbocycles. The highest BCUT2D eigenvalue weighted by molar-refractivity contribution is 7.88. The minimum Gasteiger partial charge on any atom is -0.258 e. The summed E-state index contributed by atoms with van der Waals surface area (Å²) < 4.78 is 27.1. The summed E-state index contributed by atoms with van der Waals surface area (Å²) in [6.45, 7) is 0. The Morgan fingerprint density at radius 2 is 1.86 bits per heavy atom. The van der Waals surface area contributed by atoms with Crippen LogP contribution in [-0.2, 0) is 15.8 Å². The Kier molecular flexibility index (Phi) is 5.30. The summed E-state index contributed by atoms with van der Waals surface area (Å²) >= 11 is 0. The molecule has 6 nitrogen and oxygen atoms in total. The van der Waals surface area contributed by atoms with E-state index < -0.39 is 14.9 Å². The molecule has 0 unspecified atom stereocenters. The van der Waals surface area contributed by atoms with Crippen LogP contribution in [-0.4, -0.2) is 19.4 Å². The van der Waals surface area contributed by atoms with Crippen LogP contribution in [0.1, 0.15) is 44.1 Å². The third kappa shape index (κ3) is 5.09. The summed E-state index contributed by atoms with van der Waals surface area (Å²) in [6, 6.07) is 5.77. The lowest BCUT2D eigenvalue weighted by Crippen LogP contribution is -2.35. The van der Waals surface area contributed by atoms with E-state index in [1.54, 1.807) is 6.07 Å². The highest BCUT2D eigenvalue weighted by Gasteiger charge is 2.20. The number of nitro groups is 1. The number of rotatable bonds is 5. The molecular weight excluding hydrogens is 292 g/mol. The molecule has 1 aromatic rings. The first-order valence-electron chi connectivity index (χ1n) is 7.19. The van der Waals surface area contributed by atoms with Gasteiger partial charge in [-0.3, -0.25) is 10.1 Å². The summed E-state index contributed by atoms with van der Waals surface area (Å²) in [6.07, 6.45) is 6.14. The summed E-state index contributed by atoms with van der Waals surface area (Å²) in [5.41, 5.74) is 0.350. The molecule has 0 bridgehead atoms. The van der Waals surface area contributed by atoms with Crippen LogP contribution in [0.4, 0.5) is 5.69 Å². The summed E-state index contributed by atoms with van der Waals surface area (Å²) in [4.78, 5) is 10.2. The summed E-state index contributed by atoms with van der Waals surface area (Å²) in [5.74, 6) is -0.217. The molecule has 1 N–H and O–H groups in total. The van der Waals surface area contributed by atoms with Gasteiger partial charge in [-0.25, -0.2) is 13.1 Å². The molecule has 2 rings (SSSR count). The topological polar surface area (TPSA) is 89.3 Å². The van der Waals surface area contributed by atoms with Crippen LogP contribution in [0.2, 0.25) is 0 Å². The van der Waals surface area contributed by atoms with Gasteiger partial charge < -0.3 is 0 Å². The van der Waals surface area contributed by atoms with Crippen LogP contribution >= 0.6 is 0 Å². The fourth-order valence-electron chi connectivity index (χ4n) is 2.67. The fraction of sp³-hybridized carbons (Fsp3) is 0.571. The van der Waals surface area contributed by atoms with Gasteiger partial charge in [-0.05, 0) is 18.4 Å². The number of nitro benzene ring substituents is 1. The smallest absolute Gasteiger partial charge is 0.258 e. The number of nitrogens with one attached hydrogen (secondary N) is 1. The zero-order valence-electron chi connectivity index (χ0n) is 11.8. The van der Waals surface area contributed by atoms with Crippen molar-refractivity contribution in [3.05, 3.63) is 39.9 Å². The Hall–Kier alpha value is -1.47. The van der Waals surface area contributed by atoms with Gasteiger partial charge in [0.2, 0.25) is 10.0 Å². The number of sulfonamides is 1. The van der Waals surface area contributed by atoms with E-state index in [-0.39, 0.29) is 17.5 Å². The molecule has 0 spiro atoms. The van der Waals surface area contributed by atoms with Gasteiger partial charge in [-0.15, -0.1) is 0 Å². The predicted octanol–water partition coefficient (Wildman–Crippen LogP) is 2.74. The molecule has 0 atom stereocenters. The first-order chi connectivity index (χ1) is 9.96. The minimum absolute atomic E-state index is 0.00352. The van der Waals surface area contributed by atoms with Gasteiger partial charge in [0.1, 0.15) is 0 Å². The largest absolute Gasteiger partial charge is 0.269 e. The molecule has 0 amide bonds. The lowest BCUT2D eigenvalue weighted by molar-refractivity contribution is -0.384. The second kappa shape index (κ2) is 7.00. The quantitative estimate of drug-likeness (QED) is 0.514. The number of hydrogen-bond acceptors (Lipinski definition) is 4. The minimum atomic E-state index is -3.47. The zero-order valence-corrected chi connectivity index (χ0v) is 12.6. The number of hydrogen-bond donors (Lipinski definition) is 1. The maximum Gasteiger partial charge on any atom is 0.269 e. The van der Waals surface area contributed by atoms with Crippen molar-refractivity contribution >= 4 is 15.7 Å². The Balaban J connectivity index is 2.03. The highest BCUT2D eigenvalue weighted by atomic mass is 32.2. The van der Waals surface area contributed by atoms with E-state index in [0.29, 0.717) is 5.56 Å². The van der Waals surface area contributed by atoms with E-state index in [4.69, 9.17) is 0 Å². The van der Waals surface area contributed by atoms with Crippen LogP contribution in [0.5, 0.6) is 0 Å². The van der Waals surface area contributed by atoms with Gasteiger partial charge in [0.25, 0.3) is 5.69 Å². The number of non-ortho nitro benzene ring substituents is 1. The van der Waals surface area contributed by atoms with E-state index >= 15 is 0 Å². The predicted molar refractivity (Wildman–Crippen MR) is 80.3 cm³/mol. The van der Waals surface area contributed by atoms with Crippen molar-refractivity contribution < 1.29 is 13.3 Å². The molecule has 0 saturated heterocycles. The molecule has 116 valence electrons. The van der Waals surface area contributed by atoms with Crippen molar-refractivity contribution in [2.45, 2.75) is 50.3 Å². The van der Waals surface area contributed by atoms with Crippen molar-refractivity contribution in [3.63, 3.8) is 0 Å². The zero-order chi connectivity index (χ0) is 15.3. The molecule has 1 aliphatic rings. The van der Waals surface area contributed by atoms with E-state index in [9.17, 15) is 18.5 Å². The van der Waals surface area contributed by atoms with E-state index in [2.05, 4.69) is 4.72 Å². The van der Waals surface area contributed by atoms with Gasteiger partial charge >= 0.3 is 0 Å². The standard InChI is InChI=1S/C14H20N2O4S/c17-16(18)14-9-5-6-12(10-14)11-21(19,20)15-13-7-3-1-2-4-8-13/h5-6,9-10,13,15H,1-4,7-8,11H2. The lowest BCUT2D eigenvalue weighted by atomic mass is 10.1. The van der Waals surface area contributed by atoms with Crippen LogP contribution in [0, 0.1) is 10.1 Å². The summed E-state index contributed by atoms with van der Waals surface area (Å²) in [7, 11) is -3.47. The van der Waals surface area contributed by atoms with Gasteiger partial charge in [0.05, 0.1) is 10.7 Å². The third-order valence-electron chi connectivity index (χ3n) is 3.68. The van der Waals surface area contributed by atoms with Crippen LogP contribution in [0.15, 0.2) is 24.3 Å². The Morgan fingerprint density at radius 1 is 1.19 bits per heavy atom. The fourth-order valence-corrected chi connectivity index (χ4v) is 4.12. The number of benzene rings is 1. The Bertz CT molecular complexity index is 593. The maximum atomic E-state index is 12.2. The number of nitrogens with zero attached hydrogens (tertiary/aromatic N) is 1. The van der Waals surface area contributed by atoms with Crippen molar-refractivity contribution in [2.24, 2.45) is 0 Å². The molecule has 7 heteroatoms. The van der Waals surface area contributed by atoms with Crippen molar-refractivity contribution in [2.75, 3.05) is 0 Å². The second-order valence-electron chi connectivity index (χ2n) is 5.49. The molecule has 1 aromatic carbocycles. The van der Waals surface area contributed by atoms with Gasteiger partial charge in [-0.1, -0.05) is 37.8 Å². The van der Waals surface area contributed by atoms with E-state index in [0.717, 1.165) is 38.5 Å². The average Bonchev–Trinajstić information content (AvgIpc) is 2.66. The average molecular weight is 312 g/mol. The lowest BCUT2D eigenvalue weighted by Gasteiger charge is -2.16. The van der Waals surface area contributed by atoms with Gasteiger partial charge in [0.15, 0.2) is 0 Å². The molecular formula is C14H20N2O4S. The summed E-state index contributed by atoms with van der Waals surface area (Å²) in [5, 5.41) is 10.7. The van der Waals surface area contributed by atoms with Gasteiger partial charge in [0, 0.05) is 18.2 Å². The Morgan fingerprint density at radius 3 is 2.48 bits per heavy atom. The highest BCUT2D eigenvalue weighted by Crippen LogP contribution is 2.19. The molecule has 0 radical (unpaired) electrons. The Labute approximate surface area is 124 Å². The van der Waals surface area contributed by atoms with Crippen molar-refractivity contribution in [1.82, 2.24) is 4.72 Å². The first-order valence-corrected chi connectivity index (χ1v) is 8.85. The third-order valence-corrected chi connectivity index (χ3v) is 5.09. The van der Waals surface area contributed by atoms with E-state index in [1.807, 2.05) is 0 Å². The SMILES string of the molecule is O=[N+]([O-])c1cccc(CS(=O)(=O)NC2CCCCCC2)c1. The van der Waals surface area contributed by atoms with Crippen LogP contribution in [0.3, 0.4) is 0 Å². The second-order valence-corrected chi connectivity index (χ2v) is 7.25. The molecule has 1 fully saturated rings. The molecule has 1 aliphatic carbocycles. The molecule has 0 aromatic heterocycles. The van der Waals surface area contributed by atoms with Crippen LogP contribution < -0.4 is 4.72 Å². The van der Waals surface area contributed by atoms with Gasteiger partial charge in [-0.2, -0.15) is 0 Å². The van der Waals surface area contributed by atoms with Crippen molar-refractivity contribution in [3.8, 4) is 0 Å². The monoisotopic (exact) mass is 312 g/mol. The van der Waals surface area contributed by atoms with Crippen LogP contribution in [0.25, 0.3) is 0 Å².